The Labute approximate surface area is 78.1 Å². The quantitative estimate of drug-likeness (QED) is 0.610. The molecule has 1 aliphatic heterocycles. The van der Waals surface area contributed by atoms with Crippen molar-refractivity contribution in [2.24, 2.45) is 0 Å². The van der Waals surface area contributed by atoms with E-state index in [0.717, 1.165) is 30.3 Å². The van der Waals surface area contributed by atoms with Crippen LogP contribution in [0.2, 0.25) is 0 Å². The maximum atomic E-state index is 5.85. The van der Waals surface area contributed by atoms with Crippen molar-refractivity contribution in [1.29, 1.82) is 0 Å². The van der Waals surface area contributed by atoms with E-state index in [1.54, 1.807) is 0 Å². The van der Waals surface area contributed by atoms with Crippen molar-refractivity contribution in [2.75, 3.05) is 30.8 Å². The number of aryl methyl sites for hydroxylation is 1. The molecule has 1 aromatic rings. The molecule has 1 aliphatic rings. The molecule has 0 saturated heterocycles. The summed E-state index contributed by atoms with van der Waals surface area (Å²) >= 11 is 0. The summed E-state index contributed by atoms with van der Waals surface area (Å²) in [6.45, 7) is 3.69. The minimum atomic E-state index is 0.719. The molecule has 0 atom stereocenters. The topological polar surface area (TPSA) is 38.5 Å². The number of rotatable bonds is 0. The van der Waals surface area contributed by atoms with E-state index in [1.807, 2.05) is 13.0 Å². The number of nitrogens with two attached hydrogens (primary N) is 1. The van der Waals surface area contributed by atoms with E-state index >= 15 is 0 Å². The van der Waals surface area contributed by atoms with Crippen LogP contribution in [0.4, 0.5) is 11.4 Å². The molecular weight excluding hydrogens is 164 g/mol. The Bertz CT molecular complexity index is 336. The molecule has 1 aromatic carbocycles. The molecule has 0 amide bonds. The predicted molar refractivity (Wildman–Crippen MR) is 54.4 cm³/mol. The van der Waals surface area contributed by atoms with E-state index in [1.165, 1.54) is 5.56 Å². The van der Waals surface area contributed by atoms with Crippen LogP contribution in [0.25, 0.3) is 0 Å². The van der Waals surface area contributed by atoms with Gasteiger partial charge in [0.1, 0.15) is 6.61 Å². The van der Waals surface area contributed by atoms with Crippen molar-refractivity contribution in [3.63, 3.8) is 0 Å². The summed E-state index contributed by atoms with van der Waals surface area (Å²) in [6.07, 6.45) is 0. The van der Waals surface area contributed by atoms with Gasteiger partial charge in [0.2, 0.25) is 0 Å². The minimum absolute atomic E-state index is 0.719. The molecular formula is C10H14N2O. The van der Waals surface area contributed by atoms with Crippen LogP contribution in [0, 0.1) is 6.92 Å². The van der Waals surface area contributed by atoms with Crippen molar-refractivity contribution in [1.82, 2.24) is 0 Å². The van der Waals surface area contributed by atoms with Crippen LogP contribution in [0.3, 0.4) is 0 Å². The first kappa shape index (κ1) is 8.23. The van der Waals surface area contributed by atoms with Crippen molar-refractivity contribution >= 4 is 11.4 Å². The van der Waals surface area contributed by atoms with E-state index in [9.17, 15) is 0 Å². The second kappa shape index (κ2) is 2.83. The highest BCUT2D eigenvalue weighted by Crippen LogP contribution is 2.36. The molecule has 3 nitrogen and oxygen atoms in total. The van der Waals surface area contributed by atoms with Crippen LogP contribution >= 0.6 is 0 Å². The number of benzene rings is 1. The zero-order valence-corrected chi connectivity index (χ0v) is 8.00. The van der Waals surface area contributed by atoms with Crippen LogP contribution in [-0.2, 0) is 0 Å². The molecule has 0 fully saturated rings. The van der Waals surface area contributed by atoms with Gasteiger partial charge >= 0.3 is 0 Å². The molecule has 0 aliphatic carbocycles. The second-order valence-corrected chi connectivity index (χ2v) is 3.47. The Hall–Kier alpha value is -1.38. The molecule has 70 valence electrons. The van der Waals surface area contributed by atoms with Gasteiger partial charge in [-0.25, -0.2) is 0 Å². The number of hydrogen-bond donors (Lipinski definition) is 1. The largest absolute Gasteiger partial charge is 0.487 e. The molecule has 0 spiro atoms. The first-order chi connectivity index (χ1) is 6.18. The highest BCUT2D eigenvalue weighted by Gasteiger charge is 2.17. The van der Waals surface area contributed by atoms with Crippen LogP contribution in [0.15, 0.2) is 12.1 Å². The average Bonchev–Trinajstić information content (AvgIpc) is 2.07. The number of anilines is 2. The predicted octanol–water partition coefficient (Wildman–Crippen LogP) is 1.41. The first-order valence-electron chi connectivity index (χ1n) is 4.42. The average molecular weight is 178 g/mol. The van der Waals surface area contributed by atoms with Gasteiger partial charge in [0.05, 0.1) is 17.9 Å². The van der Waals surface area contributed by atoms with Crippen LogP contribution in [-0.4, -0.2) is 20.2 Å². The number of likely N-dealkylation sites (N-methyl/N-ethyl adjacent to an activating group) is 1. The van der Waals surface area contributed by atoms with E-state index < -0.39 is 0 Å². The molecule has 0 bridgehead atoms. The lowest BCUT2D eigenvalue weighted by Crippen LogP contribution is -2.29. The molecule has 1 heterocycles. The van der Waals surface area contributed by atoms with E-state index in [-0.39, 0.29) is 0 Å². The fourth-order valence-electron chi connectivity index (χ4n) is 1.63. The number of nitrogen functional groups attached to an aromatic ring is 1. The van der Waals surface area contributed by atoms with E-state index in [0.29, 0.717) is 0 Å². The van der Waals surface area contributed by atoms with Gasteiger partial charge in [-0.05, 0) is 24.6 Å². The number of nitrogens with zero attached hydrogens (tertiary/aromatic N) is 1. The molecule has 0 unspecified atom stereocenters. The summed E-state index contributed by atoms with van der Waals surface area (Å²) < 4.78 is 5.51. The third kappa shape index (κ3) is 1.30. The molecule has 0 saturated carbocycles. The Morgan fingerprint density at radius 1 is 1.46 bits per heavy atom. The lowest BCUT2D eigenvalue weighted by atomic mass is 10.1. The molecule has 0 radical (unpaired) electrons. The normalized spacial score (nSPS) is 15.1. The second-order valence-electron chi connectivity index (χ2n) is 3.47. The summed E-state index contributed by atoms with van der Waals surface area (Å²) in [5.74, 6) is 0.833. The standard InChI is InChI=1S/C10H14N2O/c1-7-5-8(11)10-9(6-7)12(2)3-4-13-10/h5-6H,3-4,11H2,1-2H3. The highest BCUT2D eigenvalue weighted by molar-refractivity contribution is 5.72. The van der Waals surface area contributed by atoms with Gasteiger partial charge in [-0.1, -0.05) is 0 Å². The number of fused-ring (bicyclic) bond motifs is 1. The third-order valence-corrected chi connectivity index (χ3v) is 2.33. The van der Waals surface area contributed by atoms with E-state index in [2.05, 4.69) is 18.0 Å². The Kier molecular flexibility index (Phi) is 1.79. The van der Waals surface area contributed by atoms with Gasteiger partial charge in [0, 0.05) is 7.05 Å². The smallest absolute Gasteiger partial charge is 0.165 e. The maximum Gasteiger partial charge on any atom is 0.165 e. The summed E-state index contributed by atoms with van der Waals surface area (Å²) in [5.41, 5.74) is 8.87. The Morgan fingerprint density at radius 2 is 2.23 bits per heavy atom. The van der Waals surface area contributed by atoms with E-state index in [4.69, 9.17) is 10.5 Å². The molecule has 3 heteroatoms. The van der Waals surface area contributed by atoms with Gasteiger partial charge in [-0.3, -0.25) is 0 Å². The highest BCUT2D eigenvalue weighted by atomic mass is 16.5. The van der Waals surface area contributed by atoms with Crippen molar-refractivity contribution in [3.8, 4) is 5.75 Å². The fraction of sp³-hybridized carbons (Fsp3) is 0.400. The zero-order valence-electron chi connectivity index (χ0n) is 8.00. The van der Waals surface area contributed by atoms with Crippen LogP contribution < -0.4 is 15.4 Å². The lowest BCUT2D eigenvalue weighted by molar-refractivity contribution is 0.313. The van der Waals surface area contributed by atoms with Gasteiger partial charge in [0.15, 0.2) is 5.75 Å². The van der Waals surface area contributed by atoms with Gasteiger partial charge < -0.3 is 15.4 Å². The fourth-order valence-corrected chi connectivity index (χ4v) is 1.63. The zero-order chi connectivity index (χ0) is 9.42. The van der Waals surface area contributed by atoms with Gasteiger partial charge in [-0.15, -0.1) is 0 Å². The van der Waals surface area contributed by atoms with Gasteiger partial charge in [0.25, 0.3) is 0 Å². The molecule has 2 rings (SSSR count). The van der Waals surface area contributed by atoms with Crippen molar-refractivity contribution in [2.45, 2.75) is 6.92 Å². The summed E-state index contributed by atoms with van der Waals surface area (Å²) in [5, 5.41) is 0. The molecule has 2 N–H and O–H groups in total. The van der Waals surface area contributed by atoms with Crippen LogP contribution in [0.5, 0.6) is 5.75 Å². The number of ether oxygens (including phenoxy) is 1. The summed E-state index contributed by atoms with van der Waals surface area (Å²) in [7, 11) is 2.06. The maximum absolute atomic E-state index is 5.85. The Balaban J connectivity index is 2.56. The lowest BCUT2D eigenvalue weighted by Gasteiger charge is -2.28. The number of hydrogen-bond acceptors (Lipinski definition) is 3. The van der Waals surface area contributed by atoms with Crippen LogP contribution in [0.1, 0.15) is 5.56 Å². The van der Waals surface area contributed by atoms with Gasteiger partial charge in [-0.2, -0.15) is 0 Å². The summed E-state index contributed by atoms with van der Waals surface area (Å²) in [6, 6.07) is 4.04. The molecule has 13 heavy (non-hydrogen) atoms. The third-order valence-electron chi connectivity index (χ3n) is 2.33. The van der Waals surface area contributed by atoms with Crippen molar-refractivity contribution in [3.05, 3.63) is 17.7 Å². The minimum Gasteiger partial charge on any atom is -0.487 e. The summed E-state index contributed by atoms with van der Waals surface area (Å²) in [4.78, 5) is 2.17. The monoisotopic (exact) mass is 178 g/mol. The SMILES string of the molecule is Cc1cc(N)c2c(c1)N(C)CCO2. The van der Waals surface area contributed by atoms with Crippen molar-refractivity contribution < 1.29 is 4.74 Å². The Morgan fingerprint density at radius 3 is 3.00 bits per heavy atom. The first-order valence-corrected chi connectivity index (χ1v) is 4.42. The molecule has 0 aromatic heterocycles.